The average molecular weight is 304 g/mol. The lowest BCUT2D eigenvalue weighted by molar-refractivity contribution is 0.0520. The van der Waals surface area contributed by atoms with E-state index < -0.39 is 5.97 Å². The summed E-state index contributed by atoms with van der Waals surface area (Å²) in [6.45, 7) is 1.98. The number of rotatable bonds is 3. The predicted octanol–water partition coefficient (Wildman–Crippen LogP) is 2.89. The zero-order chi connectivity index (χ0) is 14.8. The minimum Gasteiger partial charge on any atom is -0.461 e. The summed E-state index contributed by atoms with van der Waals surface area (Å²) in [5.41, 5.74) is 0.232. The predicted molar refractivity (Wildman–Crippen MR) is 77.4 cm³/mol. The van der Waals surface area contributed by atoms with Crippen LogP contribution < -0.4 is 0 Å². The van der Waals surface area contributed by atoms with Gasteiger partial charge >= 0.3 is 5.97 Å². The first-order chi connectivity index (χ1) is 10.2. The van der Waals surface area contributed by atoms with Gasteiger partial charge in [0.05, 0.1) is 6.61 Å². The molecule has 0 aromatic carbocycles. The maximum Gasteiger partial charge on any atom is 0.360 e. The van der Waals surface area contributed by atoms with Gasteiger partial charge in [0.2, 0.25) is 4.96 Å². The number of imidazole rings is 1. The lowest BCUT2D eigenvalue weighted by Gasteiger charge is -2.18. The molecular formula is C14H16N4O2S. The van der Waals surface area contributed by atoms with E-state index in [0.717, 1.165) is 17.8 Å². The van der Waals surface area contributed by atoms with Gasteiger partial charge in [0.15, 0.2) is 11.4 Å². The van der Waals surface area contributed by atoms with Gasteiger partial charge in [-0.1, -0.05) is 30.6 Å². The molecule has 0 bridgehead atoms. The standard InChI is InChI=1S/C14H16N4O2S/c1-2-20-13(19)11-10(8-15)18-14(16-11)21-12(17-18)9-6-4-3-5-7-9/h9H,2-7H2,1H3. The van der Waals surface area contributed by atoms with Gasteiger partial charge in [-0.15, -0.1) is 0 Å². The second-order valence-corrected chi connectivity index (χ2v) is 6.10. The van der Waals surface area contributed by atoms with Crippen LogP contribution >= 0.6 is 11.3 Å². The molecule has 1 fully saturated rings. The van der Waals surface area contributed by atoms with Crippen LogP contribution in [0.25, 0.3) is 4.96 Å². The summed E-state index contributed by atoms with van der Waals surface area (Å²) < 4.78 is 6.41. The van der Waals surface area contributed by atoms with Crippen molar-refractivity contribution in [1.82, 2.24) is 14.6 Å². The molecule has 1 aliphatic rings. The number of carbonyl (C=O) groups excluding carboxylic acids is 1. The second kappa shape index (κ2) is 5.82. The monoisotopic (exact) mass is 304 g/mol. The highest BCUT2D eigenvalue weighted by Crippen LogP contribution is 2.35. The van der Waals surface area contributed by atoms with Crippen molar-refractivity contribution in [2.24, 2.45) is 0 Å². The molecule has 0 N–H and O–H groups in total. The van der Waals surface area contributed by atoms with E-state index in [4.69, 9.17) is 4.74 Å². The topological polar surface area (TPSA) is 80.3 Å². The average Bonchev–Trinajstić information content (AvgIpc) is 3.05. The molecule has 0 aliphatic heterocycles. The zero-order valence-corrected chi connectivity index (χ0v) is 12.7. The van der Waals surface area contributed by atoms with E-state index in [1.165, 1.54) is 35.1 Å². The van der Waals surface area contributed by atoms with E-state index in [1.54, 1.807) is 6.92 Å². The number of carbonyl (C=O) groups is 1. The summed E-state index contributed by atoms with van der Waals surface area (Å²) in [4.78, 5) is 16.6. The highest BCUT2D eigenvalue weighted by atomic mass is 32.1. The van der Waals surface area contributed by atoms with Crippen molar-refractivity contribution < 1.29 is 9.53 Å². The minimum atomic E-state index is -0.564. The number of esters is 1. The maximum absolute atomic E-state index is 11.8. The van der Waals surface area contributed by atoms with Crippen molar-refractivity contribution >= 4 is 22.3 Å². The fourth-order valence-electron chi connectivity index (χ4n) is 2.72. The van der Waals surface area contributed by atoms with Crippen LogP contribution in [0.3, 0.4) is 0 Å². The highest BCUT2D eigenvalue weighted by molar-refractivity contribution is 7.16. The first-order valence-corrected chi connectivity index (χ1v) is 8.03. The normalized spacial score (nSPS) is 16.0. The van der Waals surface area contributed by atoms with E-state index in [2.05, 4.69) is 10.1 Å². The number of ether oxygens (including phenoxy) is 1. The van der Waals surface area contributed by atoms with Crippen LogP contribution in [0.5, 0.6) is 0 Å². The van der Waals surface area contributed by atoms with E-state index in [0.29, 0.717) is 10.9 Å². The number of nitrogens with zero attached hydrogens (tertiary/aromatic N) is 4. The van der Waals surface area contributed by atoms with Crippen molar-refractivity contribution in [2.75, 3.05) is 6.61 Å². The Labute approximate surface area is 126 Å². The fraction of sp³-hybridized carbons (Fsp3) is 0.571. The van der Waals surface area contributed by atoms with Gasteiger partial charge in [-0.2, -0.15) is 14.9 Å². The van der Waals surface area contributed by atoms with Gasteiger partial charge in [-0.05, 0) is 19.8 Å². The lowest BCUT2D eigenvalue weighted by atomic mass is 9.90. The molecule has 2 aromatic heterocycles. The first kappa shape index (κ1) is 14.0. The lowest BCUT2D eigenvalue weighted by Crippen LogP contribution is -2.08. The fourth-order valence-corrected chi connectivity index (χ4v) is 3.79. The Kier molecular flexibility index (Phi) is 3.88. The molecule has 1 saturated carbocycles. The van der Waals surface area contributed by atoms with Crippen LogP contribution in [-0.2, 0) is 4.74 Å². The zero-order valence-electron chi connectivity index (χ0n) is 11.8. The molecule has 110 valence electrons. The number of nitriles is 1. The van der Waals surface area contributed by atoms with E-state index >= 15 is 0 Å². The molecule has 0 saturated heterocycles. The molecule has 3 rings (SSSR count). The number of hydrogen-bond donors (Lipinski definition) is 0. The van der Waals surface area contributed by atoms with Crippen molar-refractivity contribution in [3.63, 3.8) is 0 Å². The Morgan fingerprint density at radius 2 is 2.24 bits per heavy atom. The summed E-state index contributed by atoms with van der Waals surface area (Å²) >= 11 is 1.47. The van der Waals surface area contributed by atoms with Gasteiger partial charge < -0.3 is 4.74 Å². The smallest absolute Gasteiger partial charge is 0.360 e. The molecule has 1 aliphatic carbocycles. The molecule has 0 unspecified atom stereocenters. The molecular weight excluding hydrogens is 288 g/mol. The third kappa shape index (κ3) is 2.51. The molecule has 2 aromatic rings. The van der Waals surface area contributed by atoms with E-state index in [1.807, 2.05) is 6.07 Å². The quantitative estimate of drug-likeness (QED) is 0.814. The van der Waals surface area contributed by atoms with Gasteiger partial charge in [-0.3, -0.25) is 0 Å². The van der Waals surface area contributed by atoms with Crippen molar-refractivity contribution in [1.29, 1.82) is 5.26 Å². The van der Waals surface area contributed by atoms with Crippen LogP contribution in [0.2, 0.25) is 0 Å². The van der Waals surface area contributed by atoms with Gasteiger partial charge in [0, 0.05) is 5.92 Å². The third-order valence-corrected chi connectivity index (χ3v) is 4.82. The Hall–Kier alpha value is -1.94. The summed E-state index contributed by atoms with van der Waals surface area (Å²) in [6, 6.07) is 2.02. The molecule has 0 radical (unpaired) electrons. The number of fused-ring (bicyclic) bond motifs is 1. The van der Waals surface area contributed by atoms with Gasteiger partial charge in [-0.25, -0.2) is 9.78 Å². The Morgan fingerprint density at radius 1 is 1.48 bits per heavy atom. The van der Waals surface area contributed by atoms with Gasteiger partial charge in [0.25, 0.3) is 0 Å². The minimum absolute atomic E-state index is 0.0632. The summed E-state index contributed by atoms with van der Waals surface area (Å²) in [7, 11) is 0. The van der Waals surface area contributed by atoms with E-state index in [9.17, 15) is 10.1 Å². The Bertz CT molecular complexity index is 706. The maximum atomic E-state index is 11.8. The highest BCUT2D eigenvalue weighted by Gasteiger charge is 2.25. The summed E-state index contributed by atoms with van der Waals surface area (Å²) in [5.74, 6) is -0.103. The third-order valence-electron chi connectivity index (χ3n) is 3.75. The van der Waals surface area contributed by atoms with Crippen LogP contribution in [-0.4, -0.2) is 27.2 Å². The second-order valence-electron chi connectivity index (χ2n) is 5.11. The summed E-state index contributed by atoms with van der Waals surface area (Å²) in [6.07, 6.45) is 6.03. The molecule has 0 atom stereocenters. The van der Waals surface area contributed by atoms with Crippen LogP contribution in [0, 0.1) is 11.3 Å². The van der Waals surface area contributed by atoms with Crippen LogP contribution in [0.1, 0.15) is 66.1 Å². The number of hydrogen-bond acceptors (Lipinski definition) is 6. The molecule has 7 heteroatoms. The SMILES string of the molecule is CCOC(=O)c1nc2sc(C3CCCCC3)nn2c1C#N. The van der Waals surface area contributed by atoms with Gasteiger partial charge in [0.1, 0.15) is 11.1 Å². The first-order valence-electron chi connectivity index (χ1n) is 7.21. The molecule has 21 heavy (non-hydrogen) atoms. The Balaban J connectivity index is 1.98. The van der Waals surface area contributed by atoms with Crippen LogP contribution in [0.4, 0.5) is 0 Å². The largest absolute Gasteiger partial charge is 0.461 e. The van der Waals surface area contributed by atoms with Crippen molar-refractivity contribution in [2.45, 2.75) is 44.9 Å². The summed E-state index contributed by atoms with van der Waals surface area (Å²) in [5, 5.41) is 14.8. The number of aromatic nitrogens is 3. The molecule has 6 nitrogen and oxygen atoms in total. The molecule has 0 amide bonds. The van der Waals surface area contributed by atoms with Crippen molar-refractivity contribution in [3.8, 4) is 6.07 Å². The Morgan fingerprint density at radius 3 is 2.90 bits per heavy atom. The molecule has 0 spiro atoms. The molecule has 2 heterocycles. The van der Waals surface area contributed by atoms with Crippen LogP contribution in [0.15, 0.2) is 0 Å². The van der Waals surface area contributed by atoms with E-state index in [-0.39, 0.29) is 18.0 Å². The van der Waals surface area contributed by atoms with Crippen molar-refractivity contribution in [3.05, 3.63) is 16.4 Å².